The first-order valence-electron chi connectivity index (χ1n) is 13.0. The number of fused-ring (bicyclic) bond motifs is 3. The summed E-state index contributed by atoms with van der Waals surface area (Å²) in [5.74, 6) is 1.63. The Kier molecular flexibility index (Phi) is 6.97. The van der Waals surface area contributed by atoms with Gasteiger partial charge in [-0.2, -0.15) is 4.68 Å². The highest BCUT2D eigenvalue weighted by molar-refractivity contribution is 7.99. The van der Waals surface area contributed by atoms with E-state index in [4.69, 9.17) is 28.7 Å². The SMILES string of the molecule is O=C(CSc1nc2sc(C3Oc4ccccc4O3)cc2c(=O)n1N1CCOCC1)NC(=O)Nc1ccc2c(c1)OCO2. The predicted octanol–water partition coefficient (Wildman–Crippen LogP) is 3.07. The number of thiophene rings is 1. The molecule has 13 nitrogen and oxygen atoms in total. The maximum absolute atomic E-state index is 13.8. The summed E-state index contributed by atoms with van der Waals surface area (Å²) < 4.78 is 29.4. The van der Waals surface area contributed by atoms with Crippen LogP contribution in [0.4, 0.5) is 10.5 Å². The summed E-state index contributed by atoms with van der Waals surface area (Å²) in [6.45, 7) is 1.97. The third kappa shape index (κ3) is 5.17. The normalized spacial score (nSPS) is 15.7. The molecule has 2 aromatic carbocycles. The topological polar surface area (TPSA) is 142 Å². The summed E-state index contributed by atoms with van der Waals surface area (Å²) in [6.07, 6.45) is -0.692. The van der Waals surface area contributed by atoms with Gasteiger partial charge in [0.05, 0.1) is 42.3 Å². The molecule has 0 radical (unpaired) electrons. The highest BCUT2D eigenvalue weighted by Crippen LogP contribution is 2.42. The standard InChI is InChI=1S/C27H23N5O8S2/c33-22(29-26(35)28-15-5-6-17-20(11-15)38-14-37-17)13-41-27-30-23-16(24(34)32(27)31-7-9-36-10-8-31)12-21(42-23)25-39-18-3-1-2-4-19(18)40-25/h1-6,11-12,25H,7-10,13-14H2,(H2,28,29,33,35). The second-order valence-corrected chi connectivity index (χ2v) is 11.3. The van der Waals surface area contributed by atoms with Crippen LogP contribution in [0, 0.1) is 0 Å². The van der Waals surface area contributed by atoms with Gasteiger partial charge in [-0.25, -0.2) is 9.78 Å². The maximum Gasteiger partial charge on any atom is 0.325 e. The van der Waals surface area contributed by atoms with Gasteiger partial charge in [-0.3, -0.25) is 14.9 Å². The molecule has 4 aromatic rings. The molecule has 0 atom stereocenters. The van der Waals surface area contributed by atoms with Crippen LogP contribution in [0.25, 0.3) is 10.2 Å². The average molecular weight is 610 g/mol. The van der Waals surface area contributed by atoms with Crippen LogP contribution >= 0.6 is 23.1 Å². The zero-order valence-corrected chi connectivity index (χ0v) is 23.5. The Balaban J connectivity index is 1.09. The fourth-order valence-corrected chi connectivity index (χ4v) is 6.48. The molecule has 0 spiro atoms. The fourth-order valence-electron chi connectivity index (χ4n) is 4.63. The van der Waals surface area contributed by atoms with Gasteiger partial charge in [0.2, 0.25) is 12.7 Å². The molecule has 0 aliphatic carbocycles. The smallest absolute Gasteiger partial charge is 0.325 e. The van der Waals surface area contributed by atoms with Gasteiger partial charge in [0.1, 0.15) is 4.83 Å². The minimum atomic E-state index is -0.700. The molecule has 15 heteroatoms. The molecule has 5 heterocycles. The first kappa shape index (κ1) is 26.4. The Morgan fingerprint density at radius 1 is 1.00 bits per heavy atom. The minimum Gasteiger partial charge on any atom is -0.454 e. The van der Waals surface area contributed by atoms with E-state index in [0.717, 1.165) is 11.8 Å². The largest absolute Gasteiger partial charge is 0.454 e. The van der Waals surface area contributed by atoms with Crippen LogP contribution in [-0.4, -0.2) is 60.4 Å². The van der Waals surface area contributed by atoms with Crippen molar-refractivity contribution in [2.75, 3.05) is 49.2 Å². The summed E-state index contributed by atoms with van der Waals surface area (Å²) in [5, 5.41) is 7.50. The lowest BCUT2D eigenvalue weighted by Crippen LogP contribution is -2.49. The molecule has 0 unspecified atom stereocenters. The molecule has 3 aliphatic heterocycles. The van der Waals surface area contributed by atoms with Gasteiger partial charge >= 0.3 is 6.03 Å². The number of rotatable bonds is 6. The second-order valence-electron chi connectivity index (χ2n) is 9.32. The van der Waals surface area contributed by atoms with Crippen LogP contribution < -0.4 is 40.1 Å². The van der Waals surface area contributed by atoms with Gasteiger partial charge in [-0.05, 0) is 30.3 Å². The van der Waals surface area contributed by atoms with Crippen molar-refractivity contribution in [1.82, 2.24) is 15.0 Å². The maximum atomic E-state index is 13.8. The van der Waals surface area contributed by atoms with Gasteiger partial charge in [0.25, 0.3) is 11.8 Å². The van der Waals surface area contributed by atoms with E-state index >= 15 is 0 Å². The number of benzene rings is 2. The summed E-state index contributed by atoms with van der Waals surface area (Å²) >= 11 is 2.35. The summed E-state index contributed by atoms with van der Waals surface area (Å²) in [7, 11) is 0. The number of hydrogen-bond donors (Lipinski definition) is 2. The van der Waals surface area contributed by atoms with Crippen molar-refractivity contribution in [3.05, 3.63) is 63.8 Å². The molecular weight excluding hydrogens is 586 g/mol. The van der Waals surface area contributed by atoms with Crippen molar-refractivity contribution in [2.24, 2.45) is 0 Å². The fraction of sp³-hybridized carbons (Fsp3) is 0.259. The van der Waals surface area contributed by atoms with Crippen LogP contribution in [0.15, 0.2) is 58.5 Å². The molecule has 216 valence electrons. The lowest BCUT2D eigenvalue weighted by Gasteiger charge is -2.31. The summed E-state index contributed by atoms with van der Waals surface area (Å²) in [5.41, 5.74) is 0.167. The molecular formula is C27H23N5O8S2. The highest BCUT2D eigenvalue weighted by atomic mass is 32.2. The Morgan fingerprint density at radius 3 is 2.55 bits per heavy atom. The monoisotopic (exact) mass is 609 g/mol. The van der Waals surface area contributed by atoms with Crippen molar-refractivity contribution in [2.45, 2.75) is 11.4 Å². The molecule has 7 rings (SSSR count). The van der Waals surface area contributed by atoms with Gasteiger partial charge in [-0.1, -0.05) is 23.9 Å². The first-order chi connectivity index (χ1) is 20.5. The van der Waals surface area contributed by atoms with Crippen LogP contribution in [-0.2, 0) is 9.53 Å². The van der Waals surface area contributed by atoms with E-state index in [0.29, 0.717) is 75.2 Å². The molecule has 1 saturated heterocycles. The number of carbonyl (C=O) groups is 2. The van der Waals surface area contributed by atoms with E-state index in [-0.39, 0.29) is 18.1 Å². The number of morpholine rings is 1. The van der Waals surface area contributed by atoms with Crippen molar-refractivity contribution in [3.63, 3.8) is 0 Å². The number of hydrogen-bond acceptors (Lipinski definition) is 12. The number of urea groups is 1. The molecule has 42 heavy (non-hydrogen) atoms. The van der Waals surface area contributed by atoms with Crippen molar-refractivity contribution < 1.29 is 33.3 Å². The molecule has 2 N–H and O–H groups in total. The predicted molar refractivity (Wildman–Crippen MR) is 154 cm³/mol. The van der Waals surface area contributed by atoms with E-state index in [9.17, 15) is 14.4 Å². The molecule has 3 amide bonds. The molecule has 0 bridgehead atoms. The second kappa shape index (κ2) is 11.1. The molecule has 1 fully saturated rings. The first-order valence-corrected chi connectivity index (χ1v) is 14.8. The number of carbonyl (C=O) groups excluding carboxylic acids is 2. The number of aromatic nitrogens is 2. The van der Waals surface area contributed by atoms with Crippen LogP contribution in [0.3, 0.4) is 0 Å². The van der Waals surface area contributed by atoms with E-state index in [1.807, 2.05) is 29.3 Å². The average Bonchev–Trinajstić information content (AvgIpc) is 3.74. The van der Waals surface area contributed by atoms with Gasteiger partial charge in [-0.15, -0.1) is 11.3 Å². The number of nitrogens with zero attached hydrogens (tertiary/aromatic N) is 3. The minimum absolute atomic E-state index is 0.110. The van der Waals surface area contributed by atoms with E-state index in [2.05, 4.69) is 10.6 Å². The van der Waals surface area contributed by atoms with Crippen LogP contribution in [0.5, 0.6) is 23.0 Å². The van der Waals surface area contributed by atoms with E-state index in [1.54, 1.807) is 24.3 Å². The highest BCUT2D eigenvalue weighted by Gasteiger charge is 2.29. The number of nitrogens with one attached hydrogen (secondary N) is 2. The van der Waals surface area contributed by atoms with Gasteiger partial charge in [0, 0.05) is 11.8 Å². The lowest BCUT2D eigenvalue weighted by molar-refractivity contribution is -0.117. The van der Waals surface area contributed by atoms with Gasteiger partial charge in [0.15, 0.2) is 28.2 Å². The number of ether oxygens (including phenoxy) is 5. The Labute approximate surface area is 246 Å². The Bertz CT molecular complexity index is 1730. The molecule has 0 saturated carbocycles. The van der Waals surface area contributed by atoms with E-state index in [1.165, 1.54) is 16.0 Å². The number of thioether (sulfide) groups is 1. The molecule has 2 aromatic heterocycles. The number of para-hydroxylation sites is 2. The quantitative estimate of drug-likeness (QED) is 0.246. The third-order valence-electron chi connectivity index (χ3n) is 6.57. The summed E-state index contributed by atoms with van der Waals surface area (Å²) in [4.78, 5) is 44.9. The third-order valence-corrected chi connectivity index (χ3v) is 8.55. The van der Waals surface area contributed by atoms with Crippen molar-refractivity contribution in [1.29, 1.82) is 0 Å². The number of anilines is 1. The lowest BCUT2D eigenvalue weighted by atomic mass is 10.3. The summed E-state index contributed by atoms with van der Waals surface area (Å²) in [6, 6.07) is 13.3. The van der Waals surface area contributed by atoms with Crippen LogP contribution in [0.1, 0.15) is 11.2 Å². The van der Waals surface area contributed by atoms with Crippen molar-refractivity contribution in [3.8, 4) is 23.0 Å². The zero-order chi connectivity index (χ0) is 28.6. The van der Waals surface area contributed by atoms with Crippen molar-refractivity contribution >= 4 is 50.9 Å². The zero-order valence-electron chi connectivity index (χ0n) is 21.9. The molecule has 3 aliphatic rings. The number of imide groups is 1. The Morgan fingerprint density at radius 2 is 1.76 bits per heavy atom. The van der Waals surface area contributed by atoms with Crippen LogP contribution in [0.2, 0.25) is 0 Å². The van der Waals surface area contributed by atoms with E-state index < -0.39 is 18.2 Å². The van der Waals surface area contributed by atoms with Gasteiger partial charge < -0.3 is 34.0 Å². The Hall–Kier alpha value is -4.47. The number of amides is 3.